The minimum absolute atomic E-state index is 0.0869. The van der Waals surface area contributed by atoms with E-state index in [9.17, 15) is 0 Å². The number of hydrogen-bond donors (Lipinski definition) is 0. The van der Waals surface area contributed by atoms with Crippen LogP contribution in [0.4, 0.5) is 0 Å². The molecule has 1 aliphatic heterocycles. The van der Waals surface area contributed by atoms with E-state index in [0.29, 0.717) is 24.5 Å². The minimum Gasteiger partial charge on any atom is -0.484 e. The minimum atomic E-state index is 0.0869. The molecule has 0 aromatic carbocycles. The third-order valence-corrected chi connectivity index (χ3v) is 2.02. The van der Waals surface area contributed by atoms with E-state index in [1.807, 2.05) is 13.0 Å². The van der Waals surface area contributed by atoms with E-state index in [-0.39, 0.29) is 6.10 Å². The van der Waals surface area contributed by atoms with Crippen LogP contribution >= 0.6 is 0 Å². The lowest BCUT2D eigenvalue weighted by Crippen LogP contribution is -2.38. The summed E-state index contributed by atoms with van der Waals surface area (Å²) < 4.78 is 10.6. The van der Waals surface area contributed by atoms with E-state index < -0.39 is 0 Å². The fraction of sp³-hybridized carbons (Fsp3) is 0.400. The average molecular weight is 190 g/mol. The first-order valence-corrected chi connectivity index (χ1v) is 4.41. The molecule has 4 nitrogen and oxygen atoms in total. The number of hydrogen-bond acceptors (Lipinski definition) is 4. The van der Waals surface area contributed by atoms with Crippen LogP contribution < -0.4 is 4.74 Å². The summed E-state index contributed by atoms with van der Waals surface area (Å²) in [6, 6.07) is 3.82. The van der Waals surface area contributed by atoms with Gasteiger partial charge in [0.1, 0.15) is 23.5 Å². The van der Waals surface area contributed by atoms with Crippen LogP contribution in [0.15, 0.2) is 12.3 Å². The molecular weight excluding hydrogens is 180 g/mol. The molecule has 0 N–H and O–H groups in total. The summed E-state index contributed by atoms with van der Waals surface area (Å²) in [6.07, 6.45) is 1.62. The Bertz CT molecular complexity index is 380. The lowest BCUT2D eigenvalue weighted by molar-refractivity contribution is -0.0798. The molecule has 1 fully saturated rings. The van der Waals surface area contributed by atoms with Gasteiger partial charge in [-0.15, -0.1) is 0 Å². The molecule has 72 valence electrons. The smallest absolute Gasteiger partial charge is 0.145 e. The van der Waals surface area contributed by atoms with Crippen LogP contribution in [0.3, 0.4) is 0 Å². The third kappa shape index (κ3) is 1.68. The van der Waals surface area contributed by atoms with Crippen molar-refractivity contribution < 1.29 is 9.47 Å². The zero-order valence-electron chi connectivity index (χ0n) is 7.86. The monoisotopic (exact) mass is 190 g/mol. The topological polar surface area (TPSA) is 55.1 Å². The summed E-state index contributed by atoms with van der Waals surface area (Å²) in [7, 11) is 0. The average Bonchev–Trinajstić information content (AvgIpc) is 2.12. The highest BCUT2D eigenvalue weighted by Gasteiger charge is 2.21. The van der Waals surface area contributed by atoms with Crippen LogP contribution in [0, 0.1) is 18.3 Å². The van der Waals surface area contributed by atoms with Gasteiger partial charge in [-0.1, -0.05) is 0 Å². The normalized spacial score (nSPS) is 15.7. The van der Waals surface area contributed by atoms with Gasteiger partial charge in [0.25, 0.3) is 0 Å². The number of nitrogens with zero attached hydrogens (tertiary/aromatic N) is 2. The third-order valence-electron chi connectivity index (χ3n) is 2.02. The fourth-order valence-electron chi connectivity index (χ4n) is 1.18. The number of aromatic nitrogens is 1. The van der Waals surface area contributed by atoms with Crippen molar-refractivity contribution in [3.63, 3.8) is 0 Å². The van der Waals surface area contributed by atoms with E-state index in [1.165, 1.54) is 6.20 Å². The Labute approximate surface area is 82.1 Å². The van der Waals surface area contributed by atoms with E-state index in [0.717, 1.165) is 5.69 Å². The van der Waals surface area contributed by atoms with Crippen LogP contribution in [0.1, 0.15) is 11.3 Å². The van der Waals surface area contributed by atoms with Gasteiger partial charge in [0.15, 0.2) is 0 Å². The lowest BCUT2D eigenvalue weighted by atomic mass is 10.2. The first kappa shape index (κ1) is 8.97. The molecule has 2 heterocycles. The maximum atomic E-state index is 8.81. The van der Waals surface area contributed by atoms with Crippen LogP contribution in [-0.4, -0.2) is 24.3 Å². The Morgan fingerprint density at radius 3 is 3.00 bits per heavy atom. The standard InChI is InChI=1S/C10H10N2O2/c1-7-2-10(8(3-11)4-12-7)14-9-5-13-6-9/h2,4,9H,5-6H2,1H3. The number of aryl methyl sites for hydroxylation is 1. The summed E-state index contributed by atoms with van der Waals surface area (Å²) in [5, 5.41) is 8.81. The molecule has 0 atom stereocenters. The molecule has 0 radical (unpaired) electrons. The summed E-state index contributed by atoms with van der Waals surface area (Å²) in [5.41, 5.74) is 1.32. The zero-order valence-corrected chi connectivity index (χ0v) is 7.86. The largest absolute Gasteiger partial charge is 0.484 e. The molecule has 14 heavy (non-hydrogen) atoms. The Kier molecular flexibility index (Phi) is 2.33. The van der Waals surface area contributed by atoms with Gasteiger partial charge in [-0.05, 0) is 6.92 Å². The van der Waals surface area contributed by atoms with Gasteiger partial charge in [0, 0.05) is 18.0 Å². The van der Waals surface area contributed by atoms with Crippen molar-refractivity contribution in [2.24, 2.45) is 0 Å². The SMILES string of the molecule is Cc1cc(OC2COC2)c(C#N)cn1. The van der Waals surface area contributed by atoms with Crippen molar-refractivity contribution >= 4 is 0 Å². The van der Waals surface area contributed by atoms with E-state index in [1.54, 1.807) is 6.07 Å². The van der Waals surface area contributed by atoms with Gasteiger partial charge in [0.05, 0.1) is 13.2 Å². The Morgan fingerprint density at radius 2 is 2.43 bits per heavy atom. The Hall–Kier alpha value is -1.60. The molecule has 1 aliphatic rings. The van der Waals surface area contributed by atoms with Crippen molar-refractivity contribution in [3.8, 4) is 11.8 Å². The number of nitriles is 1. The van der Waals surface area contributed by atoms with Crippen molar-refractivity contribution in [2.75, 3.05) is 13.2 Å². The highest BCUT2D eigenvalue weighted by Crippen LogP contribution is 2.20. The summed E-state index contributed by atoms with van der Waals surface area (Å²) in [6.45, 7) is 3.07. The van der Waals surface area contributed by atoms with Gasteiger partial charge in [-0.25, -0.2) is 0 Å². The van der Waals surface area contributed by atoms with Crippen LogP contribution in [0.25, 0.3) is 0 Å². The van der Waals surface area contributed by atoms with Crippen LogP contribution in [0.5, 0.6) is 5.75 Å². The quantitative estimate of drug-likeness (QED) is 0.699. The van der Waals surface area contributed by atoms with E-state index >= 15 is 0 Å². The van der Waals surface area contributed by atoms with Crippen molar-refractivity contribution in [1.82, 2.24) is 4.98 Å². The molecule has 1 saturated heterocycles. The lowest BCUT2D eigenvalue weighted by Gasteiger charge is -2.27. The molecule has 0 amide bonds. The second-order valence-corrected chi connectivity index (χ2v) is 3.21. The highest BCUT2D eigenvalue weighted by molar-refractivity contribution is 5.42. The van der Waals surface area contributed by atoms with Gasteiger partial charge >= 0.3 is 0 Å². The van der Waals surface area contributed by atoms with Gasteiger partial charge in [0.2, 0.25) is 0 Å². The predicted molar refractivity (Wildman–Crippen MR) is 48.9 cm³/mol. The Balaban J connectivity index is 2.21. The first-order valence-electron chi connectivity index (χ1n) is 4.41. The van der Waals surface area contributed by atoms with E-state index in [4.69, 9.17) is 14.7 Å². The number of rotatable bonds is 2. The second-order valence-electron chi connectivity index (χ2n) is 3.21. The molecule has 2 rings (SSSR count). The highest BCUT2D eigenvalue weighted by atomic mass is 16.6. The molecule has 0 bridgehead atoms. The maximum Gasteiger partial charge on any atom is 0.145 e. The first-order chi connectivity index (χ1) is 6.79. The van der Waals surface area contributed by atoms with Gasteiger partial charge in [-0.2, -0.15) is 5.26 Å². The van der Waals surface area contributed by atoms with Crippen molar-refractivity contribution in [2.45, 2.75) is 13.0 Å². The van der Waals surface area contributed by atoms with Crippen molar-refractivity contribution in [3.05, 3.63) is 23.5 Å². The molecule has 4 heteroatoms. The van der Waals surface area contributed by atoms with E-state index in [2.05, 4.69) is 4.98 Å². The number of pyridine rings is 1. The Morgan fingerprint density at radius 1 is 1.64 bits per heavy atom. The molecule has 0 unspecified atom stereocenters. The molecule has 0 saturated carbocycles. The zero-order chi connectivity index (χ0) is 9.97. The molecule has 0 aliphatic carbocycles. The van der Waals surface area contributed by atoms with Gasteiger partial charge < -0.3 is 9.47 Å². The van der Waals surface area contributed by atoms with Crippen LogP contribution in [-0.2, 0) is 4.74 Å². The molecular formula is C10H10N2O2. The summed E-state index contributed by atoms with van der Waals surface area (Å²) in [4.78, 5) is 4.03. The van der Waals surface area contributed by atoms with Crippen molar-refractivity contribution in [1.29, 1.82) is 5.26 Å². The molecule has 1 aromatic rings. The second kappa shape index (κ2) is 3.64. The molecule has 1 aromatic heterocycles. The number of ether oxygens (including phenoxy) is 2. The predicted octanol–water partition coefficient (Wildman–Crippen LogP) is 1.04. The maximum absolute atomic E-state index is 8.81. The van der Waals surface area contributed by atoms with Gasteiger partial charge in [-0.3, -0.25) is 4.98 Å². The summed E-state index contributed by atoms with van der Waals surface area (Å²) >= 11 is 0. The summed E-state index contributed by atoms with van der Waals surface area (Å²) in [5.74, 6) is 0.605. The molecule has 0 spiro atoms. The fourth-order valence-corrected chi connectivity index (χ4v) is 1.18. The van der Waals surface area contributed by atoms with Crippen LogP contribution in [0.2, 0.25) is 0 Å².